The lowest BCUT2D eigenvalue weighted by molar-refractivity contribution is -0.121. The molecule has 0 unspecified atom stereocenters. The van der Waals surface area contributed by atoms with Crippen molar-refractivity contribution in [3.8, 4) is 0 Å². The van der Waals surface area contributed by atoms with Crippen molar-refractivity contribution < 1.29 is 14.0 Å². The van der Waals surface area contributed by atoms with Gasteiger partial charge in [-0.1, -0.05) is 29.8 Å². The fourth-order valence-corrected chi connectivity index (χ4v) is 3.47. The van der Waals surface area contributed by atoms with Crippen molar-refractivity contribution in [1.29, 1.82) is 0 Å². The number of halogens is 2. The zero-order valence-electron chi connectivity index (χ0n) is 15.3. The maximum absolute atomic E-state index is 12.9. The zero-order chi connectivity index (χ0) is 20.6. The molecular formula is C20H18ClFN4O2S. The minimum atomic E-state index is -0.463. The van der Waals surface area contributed by atoms with E-state index in [1.807, 2.05) is 18.2 Å². The highest BCUT2D eigenvalue weighted by atomic mass is 35.5. The van der Waals surface area contributed by atoms with Gasteiger partial charge in [0, 0.05) is 28.3 Å². The number of hydrazine groups is 1. The van der Waals surface area contributed by atoms with Crippen LogP contribution in [-0.4, -0.2) is 27.3 Å². The van der Waals surface area contributed by atoms with E-state index in [1.165, 1.54) is 30.1 Å². The van der Waals surface area contributed by atoms with Crippen molar-refractivity contribution in [3.05, 3.63) is 82.9 Å². The van der Waals surface area contributed by atoms with Gasteiger partial charge in [-0.25, -0.2) is 4.39 Å². The molecule has 0 saturated carbocycles. The van der Waals surface area contributed by atoms with E-state index >= 15 is 0 Å². The molecule has 0 spiro atoms. The normalized spacial score (nSPS) is 10.6. The molecule has 0 aliphatic rings. The summed E-state index contributed by atoms with van der Waals surface area (Å²) in [5.74, 6) is -0.584. The summed E-state index contributed by atoms with van der Waals surface area (Å²) in [6.07, 6.45) is 3.20. The van der Waals surface area contributed by atoms with Crippen LogP contribution in [0.4, 0.5) is 4.39 Å². The quantitative estimate of drug-likeness (QED) is 0.441. The summed E-state index contributed by atoms with van der Waals surface area (Å²) in [4.78, 5) is 24.9. The molecule has 0 aliphatic carbocycles. The number of hydrogen-bond donors (Lipinski definition) is 2. The highest BCUT2D eigenvalue weighted by Gasteiger charge is 2.11. The summed E-state index contributed by atoms with van der Waals surface area (Å²) in [5.41, 5.74) is 5.94. The first-order valence-corrected chi connectivity index (χ1v) is 10.1. The predicted molar refractivity (Wildman–Crippen MR) is 110 cm³/mol. The minimum Gasteiger partial charge on any atom is -0.273 e. The number of carbonyl (C=O) groups is 2. The molecule has 2 aromatic carbocycles. The first kappa shape index (κ1) is 20.9. The van der Waals surface area contributed by atoms with Gasteiger partial charge < -0.3 is 0 Å². The number of hydrogen-bond acceptors (Lipinski definition) is 4. The molecule has 0 atom stereocenters. The van der Waals surface area contributed by atoms with Crippen molar-refractivity contribution in [1.82, 2.24) is 20.6 Å². The van der Waals surface area contributed by atoms with Gasteiger partial charge in [-0.05, 0) is 35.9 Å². The maximum Gasteiger partial charge on any atom is 0.272 e. The fourth-order valence-electron chi connectivity index (χ4n) is 2.42. The van der Waals surface area contributed by atoms with Crippen LogP contribution in [0.25, 0.3) is 0 Å². The highest BCUT2D eigenvalue weighted by Crippen LogP contribution is 2.18. The average Bonchev–Trinajstić information content (AvgIpc) is 3.18. The molecule has 0 saturated heterocycles. The van der Waals surface area contributed by atoms with E-state index in [9.17, 15) is 14.0 Å². The Bertz CT molecular complexity index is 994. The summed E-state index contributed by atoms with van der Waals surface area (Å²) in [6.45, 7) is 0.430. The van der Waals surface area contributed by atoms with Gasteiger partial charge in [-0.2, -0.15) is 5.10 Å². The average molecular weight is 433 g/mol. The third kappa shape index (κ3) is 6.33. The molecule has 150 valence electrons. The summed E-state index contributed by atoms with van der Waals surface area (Å²) < 4.78 is 14.5. The number of benzene rings is 2. The van der Waals surface area contributed by atoms with Gasteiger partial charge in [-0.3, -0.25) is 25.1 Å². The lowest BCUT2D eigenvalue weighted by atomic mass is 10.2. The summed E-state index contributed by atoms with van der Waals surface area (Å²) in [7, 11) is 0. The minimum absolute atomic E-state index is 0.202. The lowest BCUT2D eigenvalue weighted by Crippen LogP contribution is -2.41. The Hall–Kier alpha value is -2.84. The van der Waals surface area contributed by atoms with Crippen LogP contribution in [0.3, 0.4) is 0 Å². The molecule has 0 bridgehead atoms. The van der Waals surface area contributed by atoms with Crippen LogP contribution < -0.4 is 10.9 Å². The summed E-state index contributed by atoms with van der Waals surface area (Å²) in [6, 6.07) is 13.4. The van der Waals surface area contributed by atoms with E-state index in [4.69, 9.17) is 11.6 Å². The van der Waals surface area contributed by atoms with Crippen molar-refractivity contribution in [2.75, 3.05) is 5.75 Å². The monoisotopic (exact) mass is 432 g/mol. The van der Waals surface area contributed by atoms with E-state index in [1.54, 1.807) is 29.1 Å². The van der Waals surface area contributed by atoms with E-state index < -0.39 is 5.91 Å². The maximum atomic E-state index is 12.9. The van der Waals surface area contributed by atoms with Crippen molar-refractivity contribution >= 4 is 35.2 Å². The molecule has 0 aliphatic heterocycles. The van der Waals surface area contributed by atoms with E-state index in [0.29, 0.717) is 22.9 Å². The summed E-state index contributed by atoms with van der Waals surface area (Å²) >= 11 is 7.56. The van der Waals surface area contributed by atoms with E-state index in [0.717, 1.165) is 10.5 Å². The molecule has 3 aromatic rings. The summed E-state index contributed by atoms with van der Waals surface area (Å²) in [5, 5.41) is 4.77. The van der Waals surface area contributed by atoms with Gasteiger partial charge in [0.15, 0.2) is 0 Å². The van der Waals surface area contributed by atoms with E-state index in [2.05, 4.69) is 16.0 Å². The fraction of sp³-hybridized carbons (Fsp3) is 0.150. The van der Waals surface area contributed by atoms with Crippen molar-refractivity contribution in [3.63, 3.8) is 0 Å². The van der Waals surface area contributed by atoms with Crippen LogP contribution in [0.1, 0.15) is 22.3 Å². The van der Waals surface area contributed by atoms with Crippen molar-refractivity contribution in [2.45, 2.75) is 17.9 Å². The van der Waals surface area contributed by atoms with Crippen LogP contribution in [-0.2, 0) is 11.3 Å². The molecule has 0 radical (unpaired) electrons. The topological polar surface area (TPSA) is 76.0 Å². The highest BCUT2D eigenvalue weighted by molar-refractivity contribution is 7.99. The Morgan fingerprint density at radius 2 is 1.86 bits per heavy atom. The van der Waals surface area contributed by atoms with Crippen molar-refractivity contribution in [2.24, 2.45) is 0 Å². The van der Waals surface area contributed by atoms with Gasteiger partial charge in [0.2, 0.25) is 5.91 Å². The zero-order valence-corrected chi connectivity index (χ0v) is 16.8. The van der Waals surface area contributed by atoms with Crippen LogP contribution in [0.2, 0.25) is 5.02 Å². The smallest absolute Gasteiger partial charge is 0.272 e. The number of rotatable bonds is 7. The molecule has 9 heteroatoms. The molecule has 29 heavy (non-hydrogen) atoms. The van der Waals surface area contributed by atoms with Gasteiger partial charge in [0.25, 0.3) is 5.91 Å². The lowest BCUT2D eigenvalue weighted by Gasteiger charge is -2.06. The number of amides is 2. The molecule has 2 amide bonds. The SMILES string of the molecule is O=C(CCSc1ccc(F)cc1)NNC(=O)c1cnn(Cc2ccccc2Cl)c1. The molecule has 1 heterocycles. The number of nitrogens with one attached hydrogen (secondary N) is 2. The van der Waals surface area contributed by atoms with Gasteiger partial charge in [0.05, 0.1) is 18.3 Å². The second-order valence-corrected chi connectivity index (χ2v) is 7.65. The molecule has 2 N–H and O–H groups in total. The predicted octanol–water partition coefficient (Wildman–Crippen LogP) is 3.67. The standard InChI is InChI=1S/C20H18ClFN4O2S/c21-18-4-2-1-3-14(18)12-26-13-15(11-23-26)20(28)25-24-19(27)9-10-29-17-7-5-16(22)6-8-17/h1-8,11,13H,9-10,12H2,(H,24,27)(H,25,28). The Morgan fingerprint density at radius 1 is 1.10 bits per heavy atom. The second kappa shape index (κ2) is 10.1. The Labute approximate surface area is 176 Å². The Morgan fingerprint density at radius 3 is 2.62 bits per heavy atom. The van der Waals surface area contributed by atoms with Crippen LogP contribution >= 0.6 is 23.4 Å². The number of carbonyl (C=O) groups excluding carboxylic acids is 2. The van der Waals surface area contributed by atoms with E-state index in [-0.39, 0.29) is 18.1 Å². The first-order chi connectivity index (χ1) is 14.0. The van der Waals surface area contributed by atoms with Gasteiger partial charge in [-0.15, -0.1) is 11.8 Å². The Balaban J connectivity index is 1.42. The largest absolute Gasteiger partial charge is 0.273 e. The number of aromatic nitrogens is 2. The van der Waals surface area contributed by atoms with Gasteiger partial charge >= 0.3 is 0 Å². The molecule has 0 fully saturated rings. The second-order valence-electron chi connectivity index (χ2n) is 6.07. The van der Waals surface area contributed by atoms with Crippen LogP contribution in [0, 0.1) is 5.82 Å². The molecule has 6 nitrogen and oxygen atoms in total. The number of thioether (sulfide) groups is 1. The molecule has 3 rings (SSSR count). The van der Waals surface area contributed by atoms with Crippen LogP contribution in [0.5, 0.6) is 0 Å². The Kier molecular flexibility index (Phi) is 7.26. The molecule has 1 aromatic heterocycles. The van der Waals surface area contributed by atoms with Gasteiger partial charge in [0.1, 0.15) is 5.82 Å². The third-order valence-electron chi connectivity index (χ3n) is 3.91. The molecular weight excluding hydrogens is 415 g/mol. The number of nitrogens with zero attached hydrogens (tertiary/aromatic N) is 2. The first-order valence-electron chi connectivity index (χ1n) is 8.74. The third-order valence-corrected chi connectivity index (χ3v) is 5.30. The van der Waals surface area contributed by atoms with Crippen LogP contribution in [0.15, 0.2) is 65.8 Å².